The highest BCUT2D eigenvalue weighted by atomic mass is 35.5. The van der Waals surface area contributed by atoms with E-state index in [9.17, 15) is 0 Å². The molecule has 1 fully saturated rings. The van der Waals surface area contributed by atoms with Crippen molar-refractivity contribution in [3.8, 4) is 0 Å². The predicted octanol–water partition coefficient (Wildman–Crippen LogP) is 2.53. The van der Waals surface area contributed by atoms with E-state index < -0.39 is 0 Å². The van der Waals surface area contributed by atoms with Gasteiger partial charge in [0.25, 0.3) is 0 Å². The van der Waals surface area contributed by atoms with Crippen molar-refractivity contribution >= 4 is 17.3 Å². The van der Waals surface area contributed by atoms with Crippen LogP contribution in [0.5, 0.6) is 0 Å². The Kier molecular flexibility index (Phi) is 3.49. The summed E-state index contributed by atoms with van der Waals surface area (Å²) in [5, 5.41) is 4.33. The van der Waals surface area contributed by atoms with Crippen LogP contribution in [0.2, 0.25) is 5.02 Å². The lowest BCUT2D eigenvalue weighted by molar-refractivity contribution is 0.585. The Morgan fingerprint density at radius 2 is 2.20 bits per heavy atom. The maximum Gasteiger partial charge on any atom is 0.0639 e. The third-order valence-corrected chi connectivity index (χ3v) is 3.10. The Bertz CT molecular complexity index is 327. The van der Waals surface area contributed by atoms with Gasteiger partial charge in [0, 0.05) is 19.1 Å². The molecule has 2 nitrogen and oxygen atoms in total. The SMILES string of the molecule is CC1CN(c2ccccc2Cl)CCCN1. The fraction of sp³-hybridized carbons (Fsp3) is 0.500. The highest BCUT2D eigenvalue weighted by Crippen LogP contribution is 2.25. The molecule has 82 valence electrons. The van der Waals surface area contributed by atoms with Gasteiger partial charge in [-0.05, 0) is 32.0 Å². The standard InChI is InChI=1S/C12H17ClN2/c1-10-9-15(8-4-7-14-10)12-6-3-2-5-11(12)13/h2-3,5-6,10,14H,4,7-9H2,1H3. The lowest BCUT2D eigenvalue weighted by atomic mass is 10.2. The summed E-state index contributed by atoms with van der Waals surface area (Å²) in [6.07, 6.45) is 1.18. The van der Waals surface area contributed by atoms with Crippen molar-refractivity contribution in [3.63, 3.8) is 0 Å². The summed E-state index contributed by atoms with van der Waals surface area (Å²) >= 11 is 6.20. The number of nitrogens with zero attached hydrogens (tertiary/aromatic N) is 1. The number of benzene rings is 1. The molecule has 0 spiro atoms. The van der Waals surface area contributed by atoms with Gasteiger partial charge in [0.05, 0.1) is 10.7 Å². The molecule has 1 aliphatic rings. The monoisotopic (exact) mass is 224 g/mol. The van der Waals surface area contributed by atoms with Crippen LogP contribution in [0.1, 0.15) is 13.3 Å². The highest BCUT2D eigenvalue weighted by Gasteiger charge is 2.15. The third-order valence-electron chi connectivity index (χ3n) is 2.78. The smallest absolute Gasteiger partial charge is 0.0639 e. The highest BCUT2D eigenvalue weighted by molar-refractivity contribution is 6.33. The number of halogens is 1. The molecule has 0 aromatic heterocycles. The Morgan fingerprint density at radius 3 is 3.00 bits per heavy atom. The minimum absolute atomic E-state index is 0.531. The van der Waals surface area contributed by atoms with E-state index in [1.165, 1.54) is 6.42 Å². The molecule has 2 rings (SSSR count). The van der Waals surface area contributed by atoms with Crippen molar-refractivity contribution in [3.05, 3.63) is 29.3 Å². The molecule has 1 atom stereocenters. The van der Waals surface area contributed by atoms with Crippen molar-refractivity contribution in [1.82, 2.24) is 5.32 Å². The van der Waals surface area contributed by atoms with Gasteiger partial charge < -0.3 is 10.2 Å². The van der Waals surface area contributed by atoms with Crippen LogP contribution in [-0.4, -0.2) is 25.7 Å². The summed E-state index contributed by atoms with van der Waals surface area (Å²) in [7, 11) is 0. The minimum Gasteiger partial charge on any atom is -0.369 e. The van der Waals surface area contributed by atoms with Crippen molar-refractivity contribution in [2.45, 2.75) is 19.4 Å². The molecule has 1 unspecified atom stereocenters. The normalized spacial score (nSPS) is 22.5. The van der Waals surface area contributed by atoms with Gasteiger partial charge in [-0.1, -0.05) is 23.7 Å². The van der Waals surface area contributed by atoms with Crippen molar-refractivity contribution < 1.29 is 0 Å². The minimum atomic E-state index is 0.531. The second kappa shape index (κ2) is 4.86. The molecule has 1 aliphatic heterocycles. The first-order chi connectivity index (χ1) is 7.27. The Hall–Kier alpha value is -0.730. The van der Waals surface area contributed by atoms with Gasteiger partial charge in [-0.25, -0.2) is 0 Å². The first kappa shape index (κ1) is 10.8. The van der Waals surface area contributed by atoms with Gasteiger partial charge in [0.1, 0.15) is 0 Å². The van der Waals surface area contributed by atoms with E-state index in [1.54, 1.807) is 0 Å². The summed E-state index contributed by atoms with van der Waals surface area (Å²) in [5.74, 6) is 0. The van der Waals surface area contributed by atoms with E-state index in [4.69, 9.17) is 11.6 Å². The molecule has 0 saturated carbocycles. The first-order valence-electron chi connectivity index (χ1n) is 5.50. The predicted molar refractivity (Wildman–Crippen MR) is 65.7 cm³/mol. The van der Waals surface area contributed by atoms with Crippen LogP contribution in [-0.2, 0) is 0 Å². The van der Waals surface area contributed by atoms with Crippen LogP contribution in [0.3, 0.4) is 0 Å². The summed E-state index contributed by atoms with van der Waals surface area (Å²) in [6, 6.07) is 8.61. The number of anilines is 1. The largest absolute Gasteiger partial charge is 0.369 e. The fourth-order valence-corrected chi connectivity index (χ4v) is 2.29. The molecule has 1 heterocycles. The zero-order chi connectivity index (χ0) is 10.7. The fourth-order valence-electron chi connectivity index (χ4n) is 2.03. The number of nitrogens with one attached hydrogen (secondary N) is 1. The Morgan fingerprint density at radius 1 is 1.40 bits per heavy atom. The van der Waals surface area contributed by atoms with Gasteiger partial charge in [-0.3, -0.25) is 0 Å². The van der Waals surface area contributed by atoms with E-state index >= 15 is 0 Å². The average Bonchev–Trinajstić information content (AvgIpc) is 2.43. The molecular weight excluding hydrogens is 208 g/mol. The van der Waals surface area contributed by atoms with Crippen LogP contribution < -0.4 is 10.2 Å². The number of para-hydroxylation sites is 1. The summed E-state index contributed by atoms with van der Waals surface area (Å²) < 4.78 is 0. The van der Waals surface area contributed by atoms with Crippen LogP contribution >= 0.6 is 11.6 Å². The third kappa shape index (κ3) is 2.64. The zero-order valence-corrected chi connectivity index (χ0v) is 9.80. The molecule has 0 radical (unpaired) electrons. The molecule has 1 N–H and O–H groups in total. The lowest BCUT2D eigenvalue weighted by Gasteiger charge is -2.25. The molecule has 0 bridgehead atoms. The van der Waals surface area contributed by atoms with Crippen molar-refractivity contribution in [1.29, 1.82) is 0 Å². The maximum atomic E-state index is 6.20. The maximum absolute atomic E-state index is 6.20. The number of rotatable bonds is 1. The van der Waals surface area contributed by atoms with Gasteiger partial charge in [0.15, 0.2) is 0 Å². The quantitative estimate of drug-likeness (QED) is 0.789. The lowest BCUT2D eigenvalue weighted by Crippen LogP contribution is -2.35. The molecule has 1 aromatic carbocycles. The summed E-state index contributed by atoms with van der Waals surface area (Å²) in [4.78, 5) is 2.37. The molecular formula is C12H17ClN2. The summed E-state index contributed by atoms with van der Waals surface area (Å²) in [5.41, 5.74) is 1.16. The second-order valence-electron chi connectivity index (χ2n) is 4.11. The van der Waals surface area contributed by atoms with Crippen molar-refractivity contribution in [2.24, 2.45) is 0 Å². The average molecular weight is 225 g/mol. The second-order valence-corrected chi connectivity index (χ2v) is 4.51. The van der Waals surface area contributed by atoms with E-state index in [0.29, 0.717) is 6.04 Å². The first-order valence-corrected chi connectivity index (χ1v) is 5.88. The number of hydrogen-bond acceptors (Lipinski definition) is 2. The van der Waals surface area contributed by atoms with Crippen LogP contribution in [0, 0.1) is 0 Å². The van der Waals surface area contributed by atoms with E-state index in [0.717, 1.165) is 30.3 Å². The van der Waals surface area contributed by atoms with Gasteiger partial charge in [-0.15, -0.1) is 0 Å². The van der Waals surface area contributed by atoms with E-state index in [-0.39, 0.29) is 0 Å². The van der Waals surface area contributed by atoms with Crippen LogP contribution in [0.15, 0.2) is 24.3 Å². The van der Waals surface area contributed by atoms with Gasteiger partial charge >= 0.3 is 0 Å². The van der Waals surface area contributed by atoms with E-state index in [2.05, 4.69) is 23.2 Å². The molecule has 1 aromatic rings. The summed E-state index contributed by atoms with van der Waals surface area (Å²) in [6.45, 7) is 5.43. The van der Waals surface area contributed by atoms with Crippen molar-refractivity contribution in [2.75, 3.05) is 24.5 Å². The van der Waals surface area contributed by atoms with Crippen LogP contribution in [0.4, 0.5) is 5.69 Å². The molecule has 1 saturated heterocycles. The molecule has 0 amide bonds. The Balaban J connectivity index is 2.18. The van der Waals surface area contributed by atoms with Crippen LogP contribution in [0.25, 0.3) is 0 Å². The van der Waals surface area contributed by atoms with E-state index in [1.807, 2.05) is 18.2 Å². The number of hydrogen-bond donors (Lipinski definition) is 1. The molecule has 0 aliphatic carbocycles. The topological polar surface area (TPSA) is 15.3 Å². The zero-order valence-electron chi connectivity index (χ0n) is 9.04. The van der Waals surface area contributed by atoms with Gasteiger partial charge in [-0.2, -0.15) is 0 Å². The molecule has 15 heavy (non-hydrogen) atoms. The Labute approximate surface area is 96.2 Å². The van der Waals surface area contributed by atoms with Gasteiger partial charge in [0.2, 0.25) is 0 Å². The molecule has 3 heteroatoms.